The quantitative estimate of drug-likeness (QED) is 0.191. The maximum atomic E-state index is 13.9. The number of amides is 6. The van der Waals surface area contributed by atoms with E-state index in [-0.39, 0.29) is 50.9 Å². The topological polar surface area (TPSA) is 163 Å². The predicted octanol–water partition coefficient (Wildman–Crippen LogP) is 4.50. The van der Waals surface area contributed by atoms with Crippen molar-refractivity contribution in [2.45, 2.75) is 90.9 Å². The molecule has 2 aliphatic rings. The lowest BCUT2D eigenvalue weighted by Gasteiger charge is -2.37. The van der Waals surface area contributed by atoms with Crippen LogP contribution in [-0.2, 0) is 41.7 Å². The molecule has 2 aliphatic heterocycles. The van der Waals surface area contributed by atoms with E-state index in [0.717, 1.165) is 11.1 Å². The van der Waals surface area contributed by atoms with E-state index in [1.807, 2.05) is 74.5 Å². The van der Waals surface area contributed by atoms with E-state index in [1.54, 1.807) is 20.8 Å². The zero-order valence-electron chi connectivity index (χ0n) is 30.2. The van der Waals surface area contributed by atoms with Crippen LogP contribution in [0.15, 0.2) is 60.7 Å². The molecule has 51 heavy (non-hydrogen) atoms. The Labute approximate surface area is 299 Å². The van der Waals surface area contributed by atoms with Crippen LogP contribution in [0.2, 0.25) is 0 Å². The molecule has 0 aromatic heterocycles. The number of hydrogen-bond donors (Lipinski definition) is 3. The average Bonchev–Trinajstić information content (AvgIpc) is 3.31. The molecule has 0 aliphatic carbocycles. The normalized spacial score (nSPS) is 16.7. The lowest BCUT2D eigenvalue weighted by molar-refractivity contribution is -0.165. The van der Waals surface area contributed by atoms with Crippen LogP contribution in [0.1, 0.15) is 77.8 Å². The number of likely N-dealkylation sites (tertiary alicyclic amines) is 1. The smallest absolute Gasteiger partial charge is 0.407 e. The van der Waals surface area contributed by atoms with E-state index in [1.165, 1.54) is 4.90 Å². The predicted molar refractivity (Wildman–Crippen MR) is 188 cm³/mol. The summed E-state index contributed by atoms with van der Waals surface area (Å²) in [6.07, 6.45) is 1.54. The number of carbonyl (C=O) groups is 6. The van der Waals surface area contributed by atoms with Crippen LogP contribution >= 0.6 is 0 Å². The van der Waals surface area contributed by atoms with Gasteiger partial charge in [0.2, 0.25) is 11.8 Å². The molecule has 13 nitrogen and oxygen atoms in total. The molecule has 4 rings (SSSR count). The molecular weight excluding hydrogens is 654 g/mol. The molecule has 1 spiro atoms. The summed E-state index contributed by atoms with van der Waals surface area (Å²) < 4.78 is 10.9. The second-order valence-electron chi connectivity index (χ2n) is 14.7. The minimum Gasteiger partial charge on any atom is -0.460 e. The van der Waals surface area contributed by atoms with Gasteiger partial charge >= 0.3 is 18.1 Å². The second-order valence-corrected chi connectivity index (χ2v) is 14.7. The highest BCUT2D eigenvalue weighted by atomic mass is 16.6. The van der Waals surface area contributed by atoms with Gasteiger partial charge < -0.3 is 25.0 Å². The summed E-state index contributed by atoms with van der Waals surface area (Å²) in [6, 6.07) is 18.2. The van der Waals surface area contributed by atoms with Gasteiger partial charge in [0.1, 0.15) is 24.3 Å². The zero-order valence-corrected chi connectivity index (χ0v) is 30.2. The summed E-state index contributed by atoms with van der Waals surface area (Å²) in [7, 11) is 0. The van der Waals surface area contributed by atoms with Gasteiger partial charge in [-0.15, -0.1) is 0 Å². The molecule has 2 saturated heterocycles. The van der Waals surface area contributed by atoms with Crippen molar-refractivity contribution in [3.05, 3.63) is 71.8 Å². The summed E-state index contributed by atoms with van der Waals surface area (Å²) in [6.45, 7) is 9.26. The number of carbonyl (C=O) groups excluding carboxylic acids is 6. The Balaban J connectivity index is 1.36. The van der Waals surface area contributed by atoms with Crippen molar-refractivity contribution in [1.29, 1.82) is 0 Å². The molecule has 0 bridgehead atoms. The van der Waals surface area contributed by atoms with Gasteiger partial charge in [0.25, 0.3) is 5.91 Å². The summed E-state index contributed by atoms with van der Waals surface area (Å²) in [4.78, 5) is 80.9. The number of benzene rings is 2. The van der Waals surface area contributed by atoms with Crippen LogP contribution in [0, 0.1) is 17.8 Å². The number of hydrazine groups is 1. The molecule has 276 valence electrons. The Morgan fingerprint density at radius 3 is 2.10 bits per heavy atom. The first-order valence-corrected chi connectivity index (χ1v) is 17.6. The number of imide groups is 1. The summed E-state index contributed by atoms with van der Waals surface area (Å²) in [5.41, 5.74) is 2.37. The van der Waals surface area contributed by atoms with Crippen LogP contribution in [0.3, 0.4) is 0 Å². The fourth-order valence-corrected chi connectivity index (χ4v) is 6.42. The van der Waals surface area contributed by atoms with E-state index in [9.17, 15) is 28.8 Å². The SMILES string of the molecule is CC(C)C[C@@H](C(=O)NN1C(=O)NC2(CCN(C(=O)CNC(=O)OCc3ccccc3)CC2)C1=O)[C@H](CCCc1ccccc1)C(=O)OC(C)(C)C. The molecule has 0 saturated carbocycles. The van der Waals surface area contributed by atoms with Crippen molar-refractivity contribution < 1.29 is 38.2 Å². The summed E-state index contributed by atoms with van der Waals surface area (Å²) in [5.74, 6) is -3.74. The van der Waals surface area contributed by atoms with Crippen LogP contribution in [0.4, 0.5) is 9.59 Å². The third kappa shape index (κ3) is 11.0. The molecule has 0 radical (unpaired) electrons. The number of ether oxygens (including phenoxy) is 2. The van der Waals surface area contributed by atoms with Crippen molar-refractivity contribution in [3.63, 3.8) is 0 Å². The zero-order chi connectivity index (χ0) is 37.2. The second kappa shape index (κ2) is 17.3. The van der Waals surface area contributed by atoms with Crippen LogP contribution in [0.5, 0.6) is 0 Å². The number of nitrogens with one attached hydrogen (secondary N) is 3. The molecule has 13 heteroatoms. The Bertz CT molecular complexity index is 1530. The Hall–Kier alpha value is -4.94. The van der Waals surface area contributed by atoms with E-state index in [4.69, 9.17) is 9.47 Å². The number of urea groups is 1. The van der Waals surface area contributed by atoms with Crippen LogP contribution < -0.4 is 16.1 Å². The highest BCUT2D eigenvalue weighted by Gasteiger charge is 2.54. The van der Waals surface area contributed by atoms with Gasteiger partial charge in [0.15, 0.2) is 0 Å². The van der Waals surface area contributed by atoms with Crippen molar-refractivity contribution >= 4 is 35.8 Å². The largest absolute Gasteiger partial charge is 0.460 e. The number of rotatable bonds is 14. The van der Waals surface area contributed by atoms with Gasteiger partial charge in [0, 0.05) is 13.1 Å². The van der Waals surface area contributed by atoms with Crippen molar-refractivity contribution in [3.8, 4) is 0 Å². The lowest BCUT2D eigenvalue weighted by atomic mass is 9.81. The van der Waals surface area contributed by atoms with Gasteiger partial charge in [-0.05, 0) is 76.3 Å². The molecular formula is C38H51N5O8. The highest BCUT2D eigenvalue weighted by Crippen LogP contribution is 2.32. The van der Waals surface area contributed by atoms with Gasteiger partial charge in [0.05, 0.1) is 11.8 Å². The summed E-state index contributed by atoms with van der Waals surface area (Å²) >= 11 is 0. The minimum absolute atomic E-state index is 0.0244. The standard InChI is InChI=1S/C38H51N5O8/c1-26(2)23-30(29(33(46)51-37(3,4)5)18-12-17-27-13-8-6-9-14-27)32(45)41-43-34(47)38(40-35(43)48)19-21-42(22-20-38)31(44)24-39-36(49)50-25-28-15-10-7-11-16-28/h6-11,13-16,26,29-30H,12,17-25H2,1-5H3,(H,39,49)(H,40,48)(H,41,45)/t29-,30+/m0/s1. The van der Waals surface area contributed by atoms with Crippen LogP contribution in [-0.4, -0.2) is 76.5 Å². The first-order valence-electron chi connectivity index (χ1n) is 17.6. The van der Waals surface area contributed by atoms with E-state index in [2.05, 4.69) is 16.1 Å². The molecule has 2 fully saturated rings. The third-order valence-electron chi connectivity index (χ3n) is 9.03. The Morgan fingerprint density at radius 1 is 0.902 bits per heavy atom. The first kappa shape index (κ1) is 38.9. The fraction of sp³-hybridized carbons (Fsp3) is 0.526. The molecule has 0 unspecified atom stereocenters. The van der Waals surface area contributed by atoms with Crippen LogP contribution in [0.25, 0.3) is 0 Å². The number of piperidine rings is 1. The molecule has 3 N–H and O–H groups in total. The van der Waals surface area contributed by atoms with Crippen molar-refractivity contribution in [2.24, 2.45) is 17.8 Å². The van der Waals surface area contributed by atoms with Crippen molar-refractivity contribution in [2.75, 3.05) is 19.6 Å². The van der Waals surface area contributed by atoms with Gasteiger partial charge in [-0.2, -0.15) is 5.01 Å². The fourth-order valence-electron chi connectivity index (χ4n) is 6.42. The van der Waals surface area contributed by atoms with Gasteiger partial charge in [-0.25, -0.2) is 9.59 Å². The Morgan fingerprint density at radius 2 is 1.51 bits per heavy atom. The van der Waals surface area contributed by atoms with Gasteiger partial charge in [-0.1, -0.05) is 74.5 Å². The average molecular weight is 706 g/mol. The first-order chi connectivity index (χ1) is 24.2. The number of hydrogen-bond acceptors (Lipinski definition) is 8. The molecule has 2 aromatic rings. The number of nitrogens with zero attached hydrogens (tertiary/aromatic N) is 2. The number of aryl methyl sites for hydroxylation is 1. The maximum absolute atomic E-state index is 13.9. The monoisotopic (exact) mass is 705 g/mol. The molecule has 2 heterocycles. The van der Waals surface area contributed by atoms with E-state index in [0.29, 0.717) is 30.7 Å². The van der Waals surface area contributed by atoms with E-state index >= 15 is 0 Å². The van der Waals surface area contributed by atoms with Gasteiger partial charge in [-0.3, -0.25) is 24.6 Å². The molecule has 2 atom stereocenters. The van der Waals surface area contributed by atoms with Crippen molar-refractivity contribution in [1.82, 2.24) is 26.0 Å². The highest BCUT2D eigenvalue weighted by molar-refractivity contribution is 6.08. The summed E-state index contributed by atoms with van der Waals surface area (Å²) in [5, 5.41) is 5.89. The lowest BCUT2D eigenvalue weighted by Crippen LogP contribution is -2.57. The molecule has 2 aromatic carbocycles. The molecule has 6 amide bonds. The maximum Gasteiger partial charge on any atom is 0.407 e. The third-order valence-corrected chi connectivity index (χ3v) is 9.03. The Kier molecular flexibility index (Phi) is 13.2. The minimum atomic E-state index is -1.31. The van der Waals surface area contributed by atoms with E-state index < -0.39 is 52.9 Å². The number of esters is 1. The number of alkyl carbamates (subject to hydrolysis) is 1.